The zero-order valence-electron chi connectivity index (χ0n) is 10.3. The van der Waals surface area contributed by atoms with Gasteiger partial charge in [-0.2, -0.15) is 11.8 Å². The van der Waals surface area contributed by atoms with Gasteiger partial charge in [0.05, 0.1) is 5.75 Å². The first kappa shape index (κ1) is 14.8. The molecule has 1 rings (SSSR count). The SMILES string of the molecule is CCCCSCC(=O)N1CC(=O)NCC1C(=O)O. The number of carbonyl (C=O) groups excluding carboxylic acids is 2. The third-order valence-electron chi connectivity index (χ3n) is 2.66. The number of aliphatic carboxylic acids is 1. The van der Waals surface area contributed by atoms with Crippen molar-refractivity contribution in [3.05, 3.63) is 0 Å². The fourth-order valence-electron chi connectivity index (χ4n) is 1.61. The molecule has 1 atom stereocenters. The summed E-state index contributed by atoms with van der Waals surface area (Å²) in [5, 5.41) is 11.5. The first-order valence-electron chi connectivity index (χ1n) is 5.93. The molecule has 7 heteroatoms. The maximum absolute atomic E-state index is 11.9. The molecule has 0 radical (unpaired) electrons. The van der Waals surface area contributed by atoms with Crippen LogP contribution < -0.4 is 5.32 Å². The molecule has 2 N–H and O–H groups in total. The maximum atomic E-state index is 11.9. The summed E-state index contributed by atoms with van der Waals surface area (Å²) < 4.78 is 0. The van der Waals surface area contributed by atoms with Gasteiger partial charge < -0.3 is 15.3 Å². The smallest absolute Gasteiger partial charge is 0.328 e. The van der Waals surface area contributed by atoms with Crippen LogP contribution in [0.5, 0.6) is 0 Å². The van der Waals surface area contributed by atoms with Crippen LogP contribution in [0, 0.1) is 0 Å². The second-order valence-corrected chi connectivity index (χ2v) is 5.19. The first-order chi connectivity index (χ1) is 8.56. The predicted octanol–water partition coefficient (Wildman–Crippen LogP) is -0.0687. The van der Waals surface area contributed by atoms with E-state index < -0.39 is 12.0 Å². The van der Waals surface area contributed by atoms with Crippen molar-refractivity contribution in [2.45, 2.75) is 25.8 Å². The van der Waals surface area contributed by atoms with E-state index in [1.165, 1.54) is 11.8 Å². The van der Waals surface area contributed by atoms with Crippen molar-refractivity contribution in [2.24, 2.45) is 0 Å². The summed E-state index contributed by atoms with van der Waals surface area (Å²) in [7, 11) is 0. The fraction of sp³-hybridized carbons (Fsp3) is 0.727. The summed E-state index contributed by atoms with van der Waals surface area (Å²) in [6, 6.07) is -0.943. The Hall–Kier alpha value is -1.24. The van der Waals surface area contributed by atoms with Crippen LogP contribution >= 0.6 is 11.8 Å². The van der Waals surface area contributed by atoms with E-state index in [0.717, 1.165) is 23.5 Å². The maximum Gasteiger partial charge on any atom is 0.328 e. The van der Waals surface area contributed by atoms with Crippen molar-refractivity contribution in [3.8, 4) is 0 Å². The third kappa shape index (κ3) is 4.21. The molecule has 0 saturated carbocycles. The van der Waals surface area contributed by atoms with Crippen molar-refractivity contribution >= 4 is 29.5 Å². The number of carboxylic acid groups (broad SMARTS) is 1. The van der Waals surface area contributed by atoms with E-state index in [2.05, 4.69) is 12.2 Å². The highest BCUT2D eigenvalue weighted by molar-refractivity contribution is 7.99. The number of carbonyl (C=O) groups is 3. The van der Waals surface area contributed by atoms with Gasteiger partial charge in [-0.25, -0.2) is 4.79 Å². The van der Waals surface area contributed by atoms with Crippen molar-refractivity contribution < 1.29 is 19.5 Å². The highest BCUT2D eigenvalue weighted by Crippen LogP contribution is 2.10. The number of hydrogen-bond acceptors (Lipinski definition) is 4. The molecule has 1 aliphatic heterocycles. The molecule has 1 fully saturated rings. The Balaban J connectivity index is 2.50. The van der Waals surface area contributed by atoms with E-state index in [9.17, 15) is 14.4 Å². The molecule has 2 amide bonds. The number of hydrogen-bond donors (Lipinski definition) is 2. The van der Waals surface area contributed by atoms with Crippen molar-refractivity contribution in [1.29, 1.82) is 0 Å². The summed E-state index contributed by atoms with van der Waals surface area (Å²) in [5.41, 5.74) is 0. The lowest BCUT2D eigenvalue weighted by Crippen LogP contribution is -2.59. The van der Waals surface area contributed by atoms with Gasteiger partial charge in [0, 0.05) is 6.54 Å². The summed E-state index contributed by atoms with van der Waals surface area (Å²) in [6.45, 7) is 1.89. The fourth-order valence-corrected chi connectivity index (χ4v) is 2.59. The molecule has 1 saturated heterocycles. The largest absolute Gasteiger partial charge is 0.480 e. The molecule has 0 aromatic heterocycles. The van der Waals surface area contributed by atoms with Crippen LogP contribution in [0.15, 0.2) is 0 Å². The van der Waals surface area contributed by atoms with Crippen LogP contribution in [0.4, 0.5) is 0 Å². The van der Waals surface area contributed by atoms with Crippen LogP contribution in [-0.4, -0.2) is 58.4 Å². The molecular formula is C11H18N2O4S. The molecular weight excluding hydrogens is 256 g/mol. The molecule has 0 aliphatic carbocycles. The summed E-state index contributed by atoms with van der Waals surface area (Å²) >= 11 is 1.48. The van der Waals surface area contributed by atoms with Crippen LogP contribution in [0.1, 0.15) is 19.8 Å². The zero-order chi connectivity index (χ0) is 13.5. The van der Waals surface area contributed by atoms with Crippen molar-refractivity contribution in [1.82, 2.24) is 10.2 Å². The quantitative estimate of drug-likeness (QED) is 0.662. The van der Waals surface area contributed by atoms with Gasteiger partial charge in [0.15, 0.2) is 0 Å². The normalized spacial score (nSPS) is 19.5. The highest BCUT2D eigenvalue weighted by atomic mass is 32.2. The number of amides is 2. The Labute approximate surface area is 110 Å². The van der Waals surface area contributed by atoms with Gasteiger partial charge in [-0.15, -0.1) is 0 Å². The number of thioether (sulfide) groups is 1. The lowest BCUT2D eigenvalue weighted by atomic mass is 10.2. The minimum absolute atomic E-state index is 0.0144. The molecule has 1 heterocycles. The monoisotopic (exact) mass is 274 g/mol. The van der Waals surface area contributed by atoms with Gasteiger partial charge in [-0.1, -0.05) is 13.3 Å². The van der Waals surface area contributed by atoms with Gasteiger partial charge >= 0.3 is 5.97 Å². The summed E-state index contributed by atoms with van der Waals surface area (Å²) in [5.74, 6) is -0.559. The average Bonchev–Trinajstić information content (AvgIpc) is 2.34. The van der Waals surface area contributed by atoms with E-state index in [-0.39, 0.29) is 30.7 Å². The Morgan fingerprint density at radius 3 is 2.89 bits per heavy atom. The lowest BCUT2D eigenvalue weighted by molar-refractivity contribution is -0.152. The molecule has 6 nitrogen and oxygen atoms in total. The summed E-state index contributed by atoms with van der Waals surface area (Å²) in [6.07, 6.45) is 2.09. The molecule has 0 bridgehead atoms. The number of nitrogens with one attached hydrogen (secondary N) is 1. The molecule has 1 aliphatic rings. The standard InChI is InChI=1S/C11H18N2O4S/c1-2-3-4-18-7-10(15)13-6-9(14)12-5-8(13)11(16)17/h8H,2-7H2,1H3,(H,12,14)(H,16,17). The van der Waals surface area contributed by atoms with E-state index in [4.69, 9.17) is 5.11 Å². The number of rotatable bonds is 6. The Morgan fingerprint density at radius 1 is 1.56 bits per heavy atom. The average molecular weight is 274 g/mol. The van der Waals surface area contributed by atoms with Gasteiger partial charge in [-0.05, 0) is 12.2 Å². The van der Waals surface area contributed by atoms with Gasteiger partial charge in [0.25, 0.3) is 0 Å². The minimum Gasteiger partial charge on any atom is -0.480 e. The molecule has 18 heavy (non-hydrogen) atoms. The van der Waals surface area contributed by atoms with Crippen LogP contribution in [0.3, 0.4) is 0 Å². The van der Waals surface area contributed by atoms with Gasteiger partial charge in [-0.3, -0.25) is 9.59 Å². The highest BCUT2D eigenvalue weighted by Gasteiger charge is 2.34. The van der Waals surface area contributed by atoms with Crippen LogP contribution in [0.25, 0.3) is 0 Å². The second-order valence-electron chi connectivity index (χ2n) is 4.09. The van der Waals surface area contributed by atoms with E-state index in [0.29, 0.717) is 0 Å². The number of piperazine rings is 1. The summed E-state index contributed by atoms with van der Waals surface area (Å²) in [4.78, 5) is 35.3. The van der Waals surface area contributed by atoms with Crippen LogP contribution in [0.2, 0.25) is 0 Å². The van der Waals surface area contributed by atoms with Crippen molar-refractivity contribution in [2.75, 3.05) is 24.6 Å². The predicted molar refractivity (Wildman–Crippen MR) is 68.4 cm³/mol. The number of unbranched alkanes of at least 4 members (excludes halogenated alkanes) is 1. The van der Waals surface area contributed by atoms with E-state index in [1.807, 2.05) is 0 Å². The van der Waals surface area contributed by atoms with Crippen LogP contribution in [-0.2, 0) is 14.4 Å². The zero-order valence-corrected chi connectivity index (χ0v) is 11.2. The Kier molecular flexibility index (Phi) is 5.97. The van der Waals surface area contributed by atoms with E-state index >= 15 is 0 Å². The number of carboxylic acids is 1. The molecule has 1 unspecified atom stereocenters. The Bertz CT molecular complexity index is 335. The van der Waals surface area contributed by atoms with E-state index in [1.54, 1.807) is 0 Å². The molecule has 0 aromatic carbocycles. The third-order valence-corrected chi connectivity index (χ3v) is 3.68. The molecule has 0 aromatic rings. The van der Waals surface area contributed by atoms with Crippen molar-refractivity contribution in [3.63, 3.8) is 0 Å². The minimum atomic E-state index is -1.08. The molecule has 102 valence electrons. The first-order valence-corrected chi connectivity index (χ1v) is 7.08. The van der Waals surface area contributed by atoms with Gasteiger partial charge in [0.1, 0.15) is 12.6 Å². The number of nitrogens with zero attached hydrogens (tertiary/aromatic N) is 1. The topological polar surface area (TPSA) is 86.7 Å². The Morgan fingerprint density at radius 2 is 2.28 bits per heavy atom. The van der Waals surface area contributed by atoms with Gasteiger partial charge in [0.2, 0.25) is 11.8 Å². The molecule has 0 spiro atoms. The second kappa shape index (κ2) is 7.25. The lowest BCUT2D eigenvalue weighted by Gasteiger charge is -2.32.